The molecule has 5 heteroatoms. The number of hydrogen-bond acceptors (Lipinski definition) is 3. The first kappa shape index (κ1) is 12.6. The van der Waals surface area contributed by atoms with Gasteiger partial charge in [-0.15, -0.1) is 0 Å². The van der Waals surface area contributed by atoms with Crippen molar-refractivity contribution < 1.29 is 12.8 Å². The van der Waals surface area contributed by atoms with Crippen molar-refractivity contribution in [1.29, 1.82) is 0 Å². The summed E-state index contributed by atoms with van der Waals surface area (Å²) in [5.74, 6) is -0.874. The quantitative estimate of drug-likeness (QED) is 0.867. The molecule has 0 aliphatic heterocycles. The van der Waals surface area contributed by atoms with Gasteiger partial charge in [0, 0.05) is 0 Å². The van der Waals surface area contributed by atoms with Gasteiger partial charge < -0.3 is 5.73 Å². The van der Waals surface area contributed by atoms with Gasteiger partial charge in [-0.3, -0.25) is 0 Å². The first-order chi connectivity index (χ1) is 8.49. The van der Waals surface area contributed by atoms with Crippen LogP contribution in [0.3, 0.4) is 0 Å². The Kier molecular flexibility index (Phi) is 3.34. The van der Waals surface area contributed by atoms with E-state index in [1.807, 2.05) is 0 Å². The molecule has 0 aliphatic rings. The van der Waals surface area contributed by atoms with E-state index < -0.39 is 15.7 Å². The van der Waals surface area contributed by atoms with Gasteiger partial charge in [-0.1, -0.05) is 30.3 Å². The number of benzene rings is 2. The molecule has 0 aliphatic carbocycles. The minimum absolute atomic E-state index is 0.0574. The summed E-state index contributed by atoms with van der Waals surface area (Å²) in [7, 11) is -3.55. The van der Waals surface area contributed by atoms with E-state index in [0.29, 0.717) is 5.56 Å². The second kappa shape index (κ2) is 4.78. The Balaban J connectivity index is 2.34. The molecule has 0 heterocycles. The number of hydrogen-bond donors (Lipinski definition) is 1. The third kappa shape index (κ3) is 2.68. The first-order valence-electron chi connectivity index (χ1n) is 5.31. The molecule has 18 heavy (non-hydrogen) atoms. The summed E-state index contributed by atoms with van der Waals surface area (Å²) in [6.45, 7) is 0. The van der Waals surface area contributed by atoms with Crippen LogP contribution < -0.4 is 5.73 Å². The van der Waals surface area contributed by atoms with Crippen molar-refractivity contribution in [2.24, 2.45) is 0 Å². The molecule has 0 unspecified atom stereocenters. The second-order valence-electron chi connectivity index (χ2n) is 3.93. The molecule has 0 atom stereocenters. The highest BCUT2D eigenvalue weighted by molar-refractivity contribution is 7.90. The smallest absolute Gasteiger partial charge is 0.182 e. The van der Waals surface area contributed by atoms with Crippen LogP contribution in [0, 0.1) is 5.82 Å². The summed E-state index contributed by atoms with van der Waals surface area (Å²) in [5.41, 5.74) is 5.92. The van der Waals surface area contributed by atoms with Crippen LogP contribution in [-0.4, -0.2) is 8.42 Å². The molecule has 0 amide bonds. The van der Waals surface area contributed by atoms with Gasteiger partial charge in [0.25, 0.3) is 0 Å². The molecule has 0 saturated carbocycles. The number of halogens is 1. The van der Waals surface area contributed by atoms with Gasteiger partial charge in [0.1, 0.15) is 5.82 Å². The fourth-order valence-electron chi connectivity index (χ4n) is 1.58. The largest absolute Gasteiger partial charge is 0.396 e. The minimum atomic E-state index is -3.55. The van der Waals surface area contributed by atoms with Crippen LogP contribution in [0.5, 0.6) is 0 Å². The molecule has 2 N–H and O–H groups in total. The number of nitrogen functional groups attached to an aromatic ring is 1. The molecule has 0 spiro atoms. The Bertz CT molecular complexity index is 654. The maximum absolute atomic E-state index is 13.3. The van der Waals surface area contributed by atoms with Gasteiger partial charge in [-0.05, 0) is 23.8 Å². The molecule has 3 nitrogen and oxygen atoms in total. The van der Waals surface area contributed by atoms with Crippen LogP contribution in [-0.2, 0) is 15.6 Å². The highest BCUT2D eigenvalue weighted by atomic mass is 32.2. The Labute approximate surface area is 105 Å². The SMILES string of the molecule is Nc1ccc(S(=O)(=O)Cc2ccccc2)cc1F. The molecule has 0 radical (unpaired) electrons. The summed E-state index contributed by atoms with van der Waals surface area (Å²) in [4.78, 5) is -0.0574. The average molecular weight is 265 g/mol. The monoisotopic (exact) mass is 265 g/mol. The van der Waals surface area contributed by atoms with Crippen molar-refractivity contribution in [3.05, 3.63) is 59.9 Å². The molecule has 0 bridgehead atoms. The summed E-state index contributed by atoms with van der Waals surface area (Å²) in [6.07, 6.45) is 0. The zero-order valence-electron chi connectivity index (χ0n) is 9.51. The van der Waals surface area contributed by atoms with Crippen LogP contribution in [0.1, 0.15) is 5.56 Å². The van der Waals surface area contributed by atoms with Crippen molar-refractivity contribution in [2.75, 3.05) is 5.73 Å². The average Bonchev–Trinajstić information content (AvgIpc) is 2.33. The van der Waals surface area contributed by atoms with E-state index in [1.165, 1.54) is 12.1 Å². The maximum Gasteiger partial charge on any atom is 0.182 e. The third-order valence-corrected chi connectivity index (χ3v) is 4.22. The minimum Gasteiger partial charge on any atom is -0.396 e. The molecule has 94 valence electrons. The topological polar surface area (TPSA) is 60.2 Å². The standard InChI is InChI=1S/C13H12FNO2S/c14-12-8-11(6-7-13(12)15)18(16,17)9-10-4-2-1-3-5-10/h1-8H,9,15H2. The molecule has 2 aromatic carbocycles. The molecular weight excluding hydrogens is 253 g/mol. The normalized spacial score (nSPS) is 11.4. The number of rotatable bonds is 3. The predicted molar refractivity (Wildman–Crippen MR) is 68.1 cm³/mol. The fourth-order valence-corrected chi connectivity index (χ4v) is 2.93. The van der Waals surface area contributed by atoms with E-state index in [1.54, 1.807) is 30.3 Å². The van der Waals surface area contributed by atoms with Crippen molar-refractivity contribution in [2.45, 2.75) is 10.6 Å². The van der Waals surface area contributed by atoms with E-state index >= 15 is 0 Å². The molecule has 0 aromatic heterocycles. The van der Waals surface area contributed by atoms with E-state index in [0.717, 1.165) is 6.07 Å². The van der Waals surface area contributed by atoms with Gasteiger partial charge in [0.2, 0.25) is 0 Å². The molecular formula is C13H12FNO2S. The van der Waals surface area contributed by atoms with Gasteiger partial charge in [-0.25, -0.2) is 12.8 Å². The number of sulfone groups is 1. The zero-order valence-corrected chi connectivity index (χ0v) is 10.3. The van der Waals surface area contributed by atoms with E-state index in [2.05, 4.69) is 0 Å². The number of anilines is 1. The van der Waals surface area contributed by atoms with Crippen molar-refractivity contribution in [3.63, 3.8) is 0 Å². The lowest BCUT2D eigenvalue weighted by Gasteiger charge is -2.05. The van der Waals surface area contributed by atoms with Crippen molar-refractivity contribution in [1.82, 2.24) is 0 Å². The van der Waals surface area contributed by atoms with E-state index in [9.17, 15) is 12.8 Å². The summed E-state index contributed by atoms with van der Waals surface area (Å²) in [5, 5.41) is 0. The maximum atomic E-state index is 13.3. The Morgan fingerprint density at radius 1 is 1.06 bits per heavy atom. The first-order valence-corrected chi connectivity index (χ1v) is 6.96. The lowest BCUT2D eigenvalue weighted by Crippen LogP contribution is -2.06. The van der Waals surface area contributed by atoms with Crippen LogP contribution in [0.25, 0.3) is 0 Å². The van der Waals surface area contributed by atoms with Crippen molar-refractivity contribution >= 4 is 15.5 Å². The lowest BCUT2D eigenvalue weighted by atomic mass is 10.2. The van der Waals surface area contributed by atoms with Gasteiger partial charge >= 0.3 is 0 Å². The van der Waals surface area contributed by atoms with Crippen LogP contribution in [0.4, 0.5) is 10.1 Å². The predicted octanol–water partition coefficient (Wildman–Crippen LogP) is 2.38. The molecule has 0 saturated heterocycles. The van der Waals surface area contributed by atoms with Crippen molar-refractivity contribution in [3.8, 4) is 0 Å². The van der Waals surface area contributed by atoms with E-state index in [4.69, 9.17) is 5.73 Å². The molecule has 2 rings (SSSR count). The summed E-state index contributed by atoms with van der Waals surface area (Å²) < 4.78 is 37.4. The second-order valence-corrected chi connectivity index (χ2v) is 5.92. The van der Waals surface area contributed by atoms with Crippen LogP contribution >= 0.6 is 0 Å². The molecule has 0 fully saturated rings. The van der Waals surface area contributed by atoms with Gasteiger partial charge in [0.15, 0.2) is 9.84 Å². The van der Waals surface area contributed by atoms with Gasteiger partial charge in [-0.2, -0.15) is 0 Å². The summed E-state index contributed by atoms with van der Waals surface area (Å²) in [6, 6.07) is 12.3. The Morgan fingerprint density at radius 3 is 2.33 bits per heavy atom. The Hall–Kier alpha value is -1.88. The number of nitrogens with two attached hydrogens (primary N) is 1. The summed E-state index contributed by atoms with van der Waals surface area (Å²) >= 11 is 0. The van der Waals surface area contributed by atoms with Crippen LogP contribution in [0.2, 0.25) is 0 Å². The fraction of sp³-hybridized carbons (Fsp3) is 0.0769. The third-order valence-electron chi connectivity index (χ3n) is 2.53. The van der Waals surface area contributed by atoms with E-state index in [-0.39, 0.29) is 16.3 Å². The highest BCUT2D eigenvalue weighted by Crippen LogP contribution is 2.20. The lowest BCUT2D eigenvalue weighted by molar-refractivity contribution is 0.591. The zero-order chi connectivity index (χ0) is 13.2. The highest BCUT2D eigenvalue weighted by Gasteiger charge is 2.16. The van der Waals surface area contributed by atoms with Gasteiger partial charge in [0.05, 0.1) is 16.3 Å². The molecule has 2 aromatic rings. The Morgan fingerprint density at radius 2 is 1.72 bits per heavy atom. The van der Waals surface area contributed by atoms with Crippen LogP contribution in [0.15, 0.2) is 53.4 Å².